The third kappa shape index (κ3) is 5.08. The number of carbonyl (C=O) groups excluding carboxylic acids is 1. The molecule has 0 unspecified atom stereocenters. The second-order valence-corrected chi connectivity index (χ2v) is 6.84. The molecule has 0 aliphatic heterocycles. The van der Waals surface area contributed by atoms with E-state index >= 15 is 0 Å². The highest BCUT2D eigenvalue weighted by molar-refractivity contribution is 14.1. The molecule has 0 aliphatic rings. The number of hydrogen-bond acceptors (Lipinski definition) is 3. The Hall–Kier alpha value is -1.85. The summed E-state index contributed by atoms with van der Waals surface area (Å²) in [5.74, 6) is 0.340. The van der Waals surface area contributed by atoms with Gasteiger partial charge in [-0.1, -0.05) is 28.1 Å². The zero-order valence-corrected chi connectivity index (χ0v) is 16.6. The Labute approximate surface area is 162 Å². The minimum Gasteiger partial charge on any atom is -0.493 e. The maximum absolute atomic E-state index is 12.3. The van der Waals surface area contributed by atoms with Crippen molar-refractivity contribution in [1.82, 2.24) is 0 Å². The Morgan fingerprint density at radius 3 is 2.79 bits per heavy atom. The predicted molar refractivity (Wildman–Crippen MR) is 107 cm³/mol. The molecule has 0 radical (unpaired) electrons. The molecule has 1 N–H and O–H groups in total. The molecule has 0 aromatic heterocycles. The van der Waals surface area contributed by atoms with Gasteiger partial charge >= 0.3 is 0 Å². The summed E-state index contributed by atoms with van der Waals surface area (Å²) in [6, 6.07) is 14.7. The minimum atomic E-state index is -0.445. The molecule has 2 aromatic carbocycles. The van der Waals surface area contributed by atoms with Crippen molar-refractivity contribution in [3.8, 4) is 11.8 Å². The average molecular weight is 497 g/mol. The van der Waals surface area contributed by atoms with Crippen LogP contribution in [0.4, 0.5) is 5.69 Å². The molecule has 2 rings (SSSR count). The van der Waals surface area contributed by atoms with E-state index in [1.54, 1.807) is 18.2 Å². The fourth-order valence-electron chi connectivity index (χ4n) is 1.96. The van der Waals surface area contributed by atoms with Crippen molar-refractivity contribution in [2.45, 2.75) is 6.92 Å². The van der Waals surface area contributed by atoms with Gasteiger partial charge in [-0.25, -0.2) is 0 Å². The molecule has 0 fully saturated rings. The zero-order valence-electron chi connectivity index (χ0n) is 12.8. The van der Waals surface area contributed by atoms with E-state index in [-0.39, 0.29) is 5.57 Å². The summed E-state index contributed by atoms with van der Waals surface area (Å²) >= 11 is 5.51. The first-order valence-electron chi connectivity index (χ1n) is 7.14. The number of rotatable bonds is 5. The highest BCUT2D eigenvalue weighted by atomic mass is 127. The fraction of sp³-hybridized carbons (Fsp3) is 0.111. The summed E-state index contributed by atoms with van der Waals surface area (Å²) in [7, 11) is 0. The van der Waals surface area contributed by atoms with E-state index in [4.69, 9.17) is 4.74 Å². The molecule has 4 nitrogen and oxygen atoms in total. The second-order valence-electron chi connectivity index (χ2n) is 4.76. The molecule has 0 bridgehead atoms. The van der Waals surface area contributed by atoms with Gasteiger partial charge < -0.3 is 10.1 Å². The van der Waals surface area contributed by atoms with Gasteiger partial charge in [-0.3, -0.25) is 4.79 Å². The minimum absolute atomic E-state index is 0.0370. The van der Waals surface area contributed by atoms with Crippen LogP contribution in [0.3, 0.4) is 0 Å². The van der Waals surface area contributed by atoms with Gasteiger partial charge in [0.15, 0.2) is 0 Å². The number of halogens is 2. The predicted octanol–water partition coefficient (Wildman–Crippen LogP) is 5.00. The summed E-state index contributed by atoms with van der Waals surface area (Å²) in [6.07, 6.45) is 1.56. The van der Waals surface area contributed by atoms with Crippen molar-refractivity contribution in [2.75, 3.05) is 11.9 Å². The summed E-state index contributed by atoms with van der Waals surface area (Å²) < 4.78 is 7.26. The van der Waals surface area contributed by atoms with Crippen LogP contribution >= 0.6 is 38.5 Å². The Morgan fingerprint density at radius 1 is 1.38 bits per heavy atom. The Balaban J connectivity index is 2.21. The van der Waals surface area contributed by atoms with Gasteiger partial charge in [0.05, 0.1) is 10.2 Å². The van der Waals surface area contributed by atoms with E-state index in [0.717, 1.165) is 19.4 Å². The summed E-state index contributed by atoms with van der Waals surface area (Å²) in [5, 5.41) is 12.0. The van der Waals surface area contributed by atoms with Gasteiger partial charge in [-0.2, -0.15) is 5.26 Å². The quantitative estimate of drug-likeness (QED) is 0.360. The Morgan fingerprint density at radius 2 is 2.17 bits per heavy atom. The maximum Gasteiger partial charge on any atom is 0.266 e. The molecular formula is C18H14BrIN2O2. The van der Waals surface area contributed by atoms with Crippen molar-refractivity contribution < 1.29 is 9.53 Å². The number of amides is 1. The first-order chi connectivity index (χ1) is 11.5. The van der Waals surface area contributed by atoms with Crippen molar-refractivity contribution in [2.24, 2.45) is 0 Å². The third-order valence-corrected chi connectivity index (χ3v) is 4.35. The summed E-state index contributed by atoms with van der Waals surface area (Å²) in [6.45, 7) is 2.51. The molecule has 0 saturated heterocycles. The van der Waals surface area contributed by atoms with E-state index in [1.807, 2.05) is 43.3 Å². The van der Waals surface area contributed by atoms with Crippen LogP contribution in [-0.2, 0) is 4.79 Å². The average Bonchev–Trinajstić information content (AvgIpc) is 2.55. The van der Waals surface area contributed by atoms with E-state index in [0.29, 0.717) is 12.3 Å². The second kappa shape index (κ2) is 8.85. The van der Waals surface area contributed by atoms with E-state index in [1.165, 1.54) is 0 Å². The normalized spacial score (nSPS) is 10.8. The van der Waals surface area contributed by atoms with Gasteiger partial charge in [-0.05, 0) is 71.5 Å². The van der Waals surface area contributed by atoms with Gasteiger partial charge in [-0.15, -0.1) is 0 Å². The number of carbonyl (C=O) groups is 1. The van der Waals surface area contributed by atoms with Crippen LogP contribution in [0.2, 0.25) is 0 Å². The topological polar surface area (TPSA) is 62.1 Å². The summed E-state index contributed by atoms with van der Waals surface area (Å²) in [4.78, 5) is 12.3. The molecule has 0 saturated carbocycles. The van der Waals surface area contributed by atoms with Crippen LogP contribution < -0.4 is 10.1 Å². The van der Waals surface area contributed by atoms with Gasteiger partial charge in [0.2, 0.25) is 0 Å². The van der Waals surface area contributed by atoms with E-state index < -0.39 is 5.91 Å². The highest BCUT2D eigenvalue weighted by Gasteiger charge is 2.10. The molecule has 122 valence electrons. The molecule has 24 heavy (non-hydrogen) atoms. The van der Waals surface area contributed by atoms with Crippen molar-refractivity contribution >= 4 is 56.2 Å². The number of benzene rings is 2. The Bertz CT molecular complexity index is 828. The number of nitrogens with zero attached hydrogens (tertiary/aromatic N) is 1. The van der Waals surface area contributed by atoms with Crippen molar-refractivity contribution in [3.63, 3.8) is 0 Å². The third-order valence-electron chi connectivity index (χ3n) is 3.01. The standard InChI is InChI=1S/C18H14BrIN2O2/c1-2-24-17-7-6-12(9-16(17)20)8-13(11-21)18(23)22-15-5-3-4-14(19)10-15/h3-10H,2H2,1H3,(H,22,23)/b13-8-. The van der Waals surface area contributed by atoms with Crippen LogP contribution in [0.15, 0.2) is 52.5 Å². The van der Waals surface area contributed by atoms with Crippen LogP contribution in [0.5, 0.6) is 5.75 Å². The maximum atomic E-state index is 12.3. The van der Waals surface area contributed by atoms with E-state index in [9.17, 15) is 10.1 Å². The molecule has 0 atom stereocenters. The SMILES string of the molecule is CCOc1ccc(/C=C(/C#N)C(=O)Nc2cccc(Br)c2)cc1I. The van der Waals surface area contributed by atoms with Crippen molar-refractivity contribution in [1.29, 1.82) is 5.26 Å². The largest absolute Gasteiger partial charge is 0.493 e. The lowest BCUT2D eigenvalue weighted by Crippen LogP contribution is -2.13. The molecule has 0 spiro atoms. The number of anilines is 1. The zero-order chi connectivity index (χ0) is 17.5. The first-order valence-corrected chi connectivity index (χ1v) is 9.01. The van der Waals surface area contributed by atoms with Crippen LogP contribution in [0.25, 0.3) is 6.08 Å². The number of hydrogen-bond donors (Lipinski definition) is 1. The molecule has 0 heterocycles. The number of nitriles is 1. The monoisotopic (exact) mass is 496 g/mol. The van der Waals surface area contributed by atoms with Gasteiger partial charge in [0, 0.05) is 10.2 Å². The molecule has 1 amide bonds. The highest BCUT2D eigenvalue weighted by Crippen LogP contribution is 2.23. The lowest BCUT2D eigenvalue weighted by atomic mass is 10.1. The molecule has 0 aliphatic carbocycles. The number of nitrogens with one attached hydrogen (secondary N) is 1. The Kier molecular flexibility index (Phi) is 6.82. The lowest BCUT2D eigenvalue weighted by molar-refractivity contribution is -0.112. The smallest absolute Gasteiger partial charge is 0.266 e. The van der Waals surface area contributed by atoms with Gasteiger partial charge in [0.25, 0.3) is 5.91 Å². The van der Waals surface area contributed by atoms with Crippen LogP contribution in [-0.4, -0.2) is 12.5 Å². The molecule has 2 aromatic rings. The van der Waals surface area contributed by atoms with Crippen LogP contribution in [0, 0.1) is 14.9 Å². The first kappa shape index (κ1) is 18.5. The number of ether oxygens (including phenoxy) is 1. The van der Waals surface area contributed by atoms with E-state index in [2.05, 4.69) is 43.8 Å². The fourth-order valence-corrected chi connectivity index (χ4v) is 3.05. The molecule has 6 heteroatoms. The van der Waals surface area contributed by atoms with Gasteiger partial charge in [0.1, 0.15) is 17.4 Å². The van der Waals surface area contributed by atoms with Crippen LogP contribution in [0.1, 0.15) is 12.5 Å². The molecular weight excluding hydrogens is 483 g/mol. The lowest BCUT2D eigenvalue weighted by Gasteiger charge is -2.07. The van der Waals surface area contributed by atoms with Crippen molar-refractivity contribution in [3.05, 3.63) is 61.6 Å². The summed E-state index contributed by atoms with van der Waals surface area (Å²) in [5.41, 5.74) is 1.43.